The standard InChI is InChI=1S/C38H40N12O14S4.4Na/c1-49(15-17-51)37-45-33(39-25-5-3-7-29(19-25)65(53,54)55)43-35(47-37)41-27-13-11-23(31(21-27)67(59,60)61)9-10-24-12-14-28(22-32(24)68(62,63)64)42-36-44-34(46-38(48-36)50(2)16-18-52)40-26-6-4-8-30(20-26)66(56,57)58;;;;/h3-14,19-22,51-52H,15-18H2,1-2H3,(H,53,54,55)(H,56,57,58)(H,59,60,61)(H,62,63,64)(H2,39,41,43,45,47)(H2,40,42,44,46,48);;;;/q;4*+1/p-4. The van der Waals surface area contributed by atoms with E-state index >= 15 is 0 Å². The van der Waals surface area contributed by atoms with Crippen LogP contribution in [-0.4, -0.2) is 132 Å². The van der Waals surface area contributed by atoms with Crippen molar-refractivity contribution in [2.24, 2.45) is 0 Å². The summed E-state index contributed by atoms with van der Waals surface area (Å²) in [4.78, 5) is 25.6. The van der Waals surface area contributed by atoms with E-state index in [0.717, 1.165) is 48.6 Å². The molecule has 0 radical (unpaired) electrons. The molecule has 0 bridgehead atoms. The van der Waals surface area contributed by atoms with E-state index in [2.05, 4.69) is 51.2 Å². The number of aliphatic hydroxyl groups excluding tert-OH is 2. The van der Waals surface area contributed by atoms with Gasteiger partial charge in [-0.25, -0.2) is 33.7 Å². The predicted molar refractivity (Wildman–Crippen MR) is 240 cm³/mol. The number of anilines is 10. The van der Waals surface area contributed by atoms with Gasteiger partial charge in [0.1, 0.15) is 40.5 Å². The van der Waals surface area contributed by atoms with Gasteiger partial charge >= 0.3 is 118 Å². The van der Waals surface area contributed by atoms with E-state index in [1.54, 1.807) is 0 Å². The van der Waals surface area contributed by atoms with Gasteiger partial charge in [-0.2, -0.15) is 29.9 Å². The second-order valence-corrected chi connectivity index (χ2v) is 19.5. The summed E-state index contributed by atoms with van der Waals surface area (Å²) in [5, 5.41) is 30.0. The minimum absolute atomic E-state index is 0. The average molecular weight is 1110 g/mol. The van der Waals surface area contributed by atoms with Gasteiger partial charge in [0, 0.05) is 49.9 Å². The molecule has 0 amide bonds. The van der Waals surface area contributed by atoms with E-state index < -0.39 is 60.1 Å². The van der Waals surface area contributed by atoms with Gasteiger partial charge in [0.15, 0.2) is 0 Å². The minimum Gasteiger partial charge on any atom is -0.744 e. The van der Waals surface area contributed by atoms with E-state index in [9.17, 15) is 62.1 Å². The van der Waals surface area contributed by atoms with Crippen LogP contribution >= 0.6 is 0 Å². The Kier molecular flexibility index (Phi) is 25.0. The smallest absolute Gasteiger partial charge is 0.744 e. The Morgan fingerprint density at radius 1 is 0.458 bits per heavy atom. The van der Waals surface area contributed by atoms with Gasteiger partial charge in [-0.3, -0.25) is 0 Å². The van der Waals surface area contributed by atoms with Crippen LogP contribution in [0.5, 0.6) is 0 Å². The number of hydrogen-bond acceptors (Lipinski definition) is 26. The molecule has 2 heterocycles. The fraction of sp³-hybridized carbons (Fsp3) is 0.158. The molecular formula is C38H36N12Na4O14S4. The van der Waals surface area contributed by atoms with Gasteiger partial charge in [-0.15, -0.1) is 0 Å². The van der Waals surface area contributed by atoms with Crippen LogP contribution in [0, 0.1) is 0 Å². The summed E-state index contributed by atoms with van der Waals surface area (Å²) in [5.41, 5.74) is -0.381. The molecule has 72 heavy (non-hydrogen) atoms. The van der Waals surface area contributed by atoms with Crippen LogP contribution in [0.2, 0.25) is 0 Å². The number of hydrogen-bond donors (Lipinski definition) is 6. The maximum absolute atomic E-state index is 12.6. The maximum Gasteiger partial charge on any atom is 1.00 e. The quantitative estimate of drug-likeness (QED) is 0.0235. The number of nitrogens with one attached hydrogen (secondary N) is 4. The second-order valence-electron chi connectivity index (χ2n) is 14.1. The molecular weight excluding hydrogens is 1070 g/mol. The zero-order chi connectivity index (χ0) is 49.6. The van der Waals surface area contributed by atoms with Crippen molar-refractivity contribution < 1.29 is 180 Å². The van der Waals surface area contributed by atoms with Crippen molar-refractivity contribution in [1.82, 2.24) is 29.9 Å². The third-order valence-electron chi connectivity index (χ3n) is 9.08. The first-order valence-corrected chi connectivity index (χ1v) is 24.8. The third kappa shape index (κ3) is 18.4. The van der Waals surface area contributed by atoms with Gasteiger partial charge in [-0.1, -0.05) is 36.4 Å². The number of aromatic nitrogens is 6. The first-order valence-electron chi connectivity index (χ1n) is 19.1. The second kappa shape index (κ2) is 27.7. The van der Waals surface area contributed by atoms with Crippen LogP contribution in [0.1, 0.15) is 11.1 Å². The number of aliphatic hydroxyl groups is 2. The molecule has 0 atom stereocenters. The normalized spacial score (nSPS) is 11.5. The number of benzene rings is 4. The van der Waals surface area contributed by atoms with Crippen LogP contribution in [0.15, 0.2) is 105 Å². The molecule has 0 unspecified atom stereocenters. The minimum atomic E-state index is -5.26. The summed E-state index contributed by atoms with van der Waals surface area (Å²) in [5.74, 6) is -0.885. The number of rotatable bonds is 20. The van der Waals surface area contributed by atoms with Crippen molar-refractivity contribution in [3.8, 4) is 0 Å². The van der Waals surface area contributed by atoms with Gasteiger partial charge in [0.25, 0.3) is 0 Å². The van der Waals surface area contributed by atoms with Crippen molar-refractivity contribution >= 4 is 111 Å². The van der Waals surface area contributed by atoms with E-state index in [1.165, 1.54) is 72.4 Å². The molecule has 34 heteroatoms. The summed E-state index contributed by atoms with van der Waals surface area (Å²) < 4.78 is 145. The Bertz CT molecular complexity index is 3150. The van der Waals surface area contributed by atoms with Crippen LogP contribution in [0.4, 0.5) is 58.4 Å². The van der Waals surface area contributed by atoms with E-state index in [-0.39, 0.29) is 214 Å². The summed E-state index contributed by atoms with van der Waals surface area (Å²) in [7, 11) is -17.1. The summed E-state index contributed by atoms with van der Waals surface area (Å²) in [6, 6.07) is 16.6. The largest absolute Gasteiger partial charge is 1.00 e. The van der Waals surface area contributed by atoms with Crippen molar-refractivity contribution in [3.63, 3.8) is 0 Å². The zero-order valence-corrected chi connectivity index (χ0v) is 50.3. The molecule has 0 spiro atoms. The Morgan fingerprint density at radius 2 is 0.764 bits per heavy atom. The third-order valence-corrected chi connectivity index (χ3v) is 12.5. The summed E-state index contributed by atoms with van der Waals surface area (Å²) in [6.07, 6.45) is 2.16. The molecule has 0 aliphatic carbocycles. The SMILES string of the molecule is CN(CCO)c1nc(Nc2cccc(S(=O)(=O)[O-])c2)nc(Nc2ccc(C=Cc3ccc(Nc4nc(Nc5cccc(S(=O)(=O)[O-])c5)nc(N(C)CCO)n4)cc3S(=O)(=O)[O-])c(S(=O)(=O)[O-])c2)n1.[Na+].[Na+].[Na+].[Na+]. The maximum atomic E-state index is 12.6. The van der Waals surface area contributed by atoms with E-state index in [0.29, 0.717) is 0 Å². The Morgan fingerprint density at radius 3 is 1.04 bits per heavy atom. The fourth-order valence-electron chi connectivity index (χ4n) is 5.88. The molecule has 360 valence electrons. The molecule has 0 saturated heterocycles. The van der Waals surface area contributed by atoms with E-state index in [1.807, 2.05) is 0 Å². The van der Waals surface area contributed by atoms with Crippen molar-refractivity contribution in [2.45, 2.75) is 19.6 Å². The molecule has 6 rings (SSSR count). The van der Waals surface area contributed by atoms with Crippen LogP contribution in [-0.2, 0) is 40.5 Å². The molecule has 0 aliphatic rings. The molecule has 2 aromatic heterocycles. The topological polar surface area (TPSA) is 401 Å². The Balaban J connectivity index is 0.00000444. The predicted octanol–water partition coefficient (Wildman–Crippen LogP) is -10.3. The molecule has 26 nitrogen and oxygen atoms in total. The van der Waals surface area contributed by atoms with Crippen molar-refractivity contribution in [2.75, 3.05) is 71.5 Å². The van der Waals surface area contributed by atoms with Crippen molar-refractivity contribution in [3.05, 3.63) is 96.1 Å². The van der Waals surface area contributed by atoms with Crippen LogP contribution in [0.3, 0.4) is 0 Å². The van der Waals surface area contributed by atoms with Gasteiger partial charge in [0.05, 0.1) is 32.8 Å². The molecule has 6 aromatic rings. The molecule has 0 saturated carbocycles. The fourth-order valence-corrected chi connectivity index (χ4v) is 8.31. The Hall–Kier alpha value is -3.00. The first kappa shape index (κ1) is 65.1. The zero-order valence-electron chi connectivity index (χ0n) is 39.1. The summed E-state index contributed by atoms with van der Waals surface area (Å²) >= 11 is 0. The van der Waals surface area contributed by atoms with Crippen LogP contribution in [0.25, 0.3) is 12.2 Å². The van der Waals surface area contributed by atoms with Gasteiger partial charge in [0.2, 0.25) is 35.7 Å². The number of nitrogens with zero attached hydrogens (tertiary/aromatic N) is 8. The average Bonchev–Trinajstić information content (AvgIpc) is 3.25. The van der Waals surface area contributed by atoms with Crippen molar-refractivity contribution in [1.29, 1.82) is 0 Å². The summed E-state index contributed by atoms with van der Waals surface area (Å²) in [6.45, 7) is -0.534. The molecule has 0 aliphatic heterocycles. The molecule has 0 fully saturated rings. The van der Waals surface area contributed by atoms with Crippen LogP contribution < -0.4 is 149 Å². The Labute approximate surface area is 502 Å². The number of likely N-dealkylation sites (N-methyl/N-ethyl adjacent to an activating group) is 2. The van der Waals surface area contributed by atoms with Gasteiger partial charge < -0.3 is 59.5 Å². The van der Waals surface area contributed by atoms with Gasteiger partial charge in [-0.05, 0) is 71.8 Å². The van der Waals surface area contributed by atoms with E-state index in [4.69, 9.17) is 0 Å². The molecule has 6 N–H and O–H groups in total. The monoisotopic (exact) mass is 1100 g/mol. The first-order chi connectivity index (χ1) is 31.9. The molecule has 4 aromatic carbocycles.